The standard InChI is InChI=1S/C34H26FN5O4/c1-43-30-19-18-23(20-31(30)44-2)32-28(21-27(39(41)42)22-29(32)35)33-36-38-40(37-33)34(24-12-6-3-7-13-24,25-14-8-4-9-15-25)26-16-10-5-11-17-26/h3-22H,1-2H3. The fourth-order valence-electron chi connectivity index (χ4n) is 5.51. The molecule has 1 aromatic heterocycles. The Balaban J connectivity index is 1.64. The third-order valence-electron chi connectivity index (χ3n) is 7.49. The van der Waals surface area contributed by atoms with E-state index in [2.05, 4.69) is 10.3 Å². The van der Waals surface area contributed by atoms with Crippen molar-refractivity contribution in [1.82, 2.24) is 20.2 Å². The molecule has 0 fully saturated rings. The van der Waals surface area contributed by atoms with Crippen molar-refractivity contribution in [3.05, 3.63) is 154 Å². The molecule has 0 radical (unpaired) electrons. The first-order valence-electron chi connectivity index (χ1n) is 13.6. The van der Waals surface area contributed by atoms with Gasteiger partial charge in [0.25, 0.3) is 5.69 Å². The topological polar surface area (TPSA) is 105 Å². The number of benzene rings is 5. The average Bonchev–Trinajstić information content (AvgIpc) is 3.56. The quantitative estimate of drug-likeness (QED) is 0.103. The molecule has 0 amide bonds. The number of methoxy groups -OCH3 is 2. The lowest BCUT2D eigenvalue weighted by Crippen LogP contribution is -2.39. The minimum absolute atomic E-state index is 0.00422. The van der Waals surface area contributed by atoms with Crippen LogP contribution in [0, 0.1) is 15.9 Å². The van der Waals surface area contributed by atoms with E-state index in [1.165, 1.54) is 25.1 Å². The second-order valence-electron chi connectivity index (χ2n) is 9.89. The van der Waals surface area contributed by atoms with Crippen LogP contribution in [0.15, 0.2) is 121 Å². The number of nitrogens with zero attached hydrogens (tertiary/aromatic N) is 5. The summed E-state index contributed by atoms with van der Waals surface area (Å²) in [4.78, 5) is 12.7. The number of halogens is 1. The summed E-state index contributed by atoms with van der Waals surface area (Å²) in [6.07, 6.45) is 0. The summed E-state index contributed by atoms with van der Waals surface area (Å²) in [5.74, 6) is -0.00751. The molecule has 0 atom stereocenters. The van der Waals surface area contributed by atoms with Gasteiger partial charge < -0.3 is 9.47 Å². The number of rotatable bonds is 9. The van der Waals surface area contributed by atoms with Crippen LogP contribution in [0.2, 0.25) is 0 Å². The minimum Gasteiger partial charge on any atom is -0.493 e. The van der Waals surface area contributed by atoms with Crippen LogP contribution in [0.1, 0.15) is 16.7 Å². The summed E-state index contributed by atoms with van der Waals surface area (Å²) in [5.41, 5.74) is 1.57. The summed E-state index contributed by atoms with van der Waals surface area (Å²) >= 11 is 0. The van der Waals surface area contributed by atoms with Crippen molar-refractivity contribution >= 4 is 5.69 Å². The highest BCUT2D eigenvalue weighted by Crippen LogP contribution is 2.42. The highest BCUT2D eigenvalue weighted by Gasteiger charge is 2.41. The molecular weight excluding hydrogens is 561 g/mol. The van der Waals surface area contributed by atoms with E-state index in [0.29, 0.717) is 17.1 Å². The Morgan fingerprint density at radius 2 is 1.30 bits per heavy atom. The molecule has 0 aliphatic rings. The van der Waals surface area contributed by atoms with Crippen LogP contribution in [0.3, 0.4) is 0 Å². The summed E-state index contributed by atoms with van der Waals surface area (Å²) in [6, 6.07) is 36.2. The van der Waals surface area contributed by atoms with Crippen LogP contribution in [0.5, 0.6) is 11.5 Å². The second-order valence-corrected chi connectivity index (χ2v) is 9.89. The Bertz CT molecular complexity index is 1840. The first-order valence-corrected chi connectivity index (χ1v) is 13.6. The molecule has 6 aromatic rings. The highest BCUT2D eigenvalue weighted by molar-refractivity contribution is 5.83. The Kier molecular flexibility index (Phi) is 7.55. The summed E-state index contributed by atoms with van der Waals surface area (Å²) in [7, 11) is 2.97. The van der Waals surface area contributed by atoms with Crippen molar-refractivity contribution in [2.45, 2.75) is 5.54 Å². The summed E-state index contributed by atoms with van der Waals surface area (Å²) < 4.78 is 26.6. The van der Waals surface area contributed by atoms with Crippen LogP contribution in [-0.2, 0) is 5.54 Å². The van der Waals surface area contributed by atoms with Gasteiger partial charge in [-0.3, -0.25) is 10.1 Å². The largest absolute Gasteiger partial charge is 0.493 e. The molecular formula is C34H26FN5O4. The zero-order valence-electron chi connectivity index (χ0n) is 23.8. The van der Waals surface area contributed by atoms with E-state index in [1.54, 1.807) is 18.2 Å². The van der Waals surface area contributed by atoms with Gasteiger partial charge in [-0.05, 0) is 39.6 Å². The van der Waals surface area contributed by atoms with Crippen molar-refractivity contribution in [2.75, 3.05) is 14.2 Å². The second kappa shape index (κ2) is 11.8. The van der Waals surface area contributed by atoms with Gasteiger partial charge in [0.15, 0.2) is 17.0 Å². The van der Waals surface area contributed by atoms with Crippen molar-refractivity contribution in [3.8, 4) is 34.0 Å². The maximum absolute atomic E-state index is 15.8. The predicted molar refractivity (Wildman–Crippen MR) is 163 cm³/mol. The molecule has 0 bridgehead atoms. The molecule has 0 unspecified atom stereocenters. The van der Waals surface area contributed by atoms with Crippen LogP contribution < -0.4 is 9.47 Å². The normalized spacial score (nSPS) is 11.2. The van der Waals surface area contributed by atoms with E-state index in [1.807, 2.05) is 91.0 Å². The van der Waals surface area contributed by atoms with Crippen LogP contribution in [0.25, 0.3) is 22.5 Å². The Hall–Kier alpha value is -5.90. The summed E-state index contributed by atoms with van der Waals surface area (Å²) in [5, 5.41) is 25.6. The molecule has 9 nitrogen and oxygen atoms in total. The molecule has 0 N–H and O–H groups in total. The lowest BCUT2D eigenvalue weighted by molar-refractivity contribution is -0.385. The Labute approximate surface area is 252 Å². The van der Waals surface area contributed by atoms with Crippen molar-refractivity contribution in [1.29, 1.82) is 0 Å². The number of ether oxygens (including phenoxy) is 2. The molecule has 0 saturated carbocycles. The molecule has 10 heteroatoms. The van der Waals surface area contributed by atoms with Crippen molar-refractivity contribution < 1.29 is 18.8 Å². The van der Waals surface area contributed by atoms with Gasteiger partial charge in [0.05, 0.1) is 25.2 Å². The zero-order chi connectivity index (χ0) is 30.7. The van der Waals surface area contributed by atoms with Gasteiger partial charge in [0, 0.05) is 17.2 Å². The van der Waals surface area contributed by atoms with E-state index in [4.69, 9.17) is 14.6 Å². The zero-order valence-corrected chi connectivity index (χ0v) is 23.8. The van der Waals surface area contributed by atoms with E-state index >= 15 is 4.39 Å². The number of tetrazole rings is 1. The van der Waals surface area contributed by atoms with Gasteiger partial charge in [-0.1, -0.05) is 97.1 Å². The number of nitro groups is 1. The average molecular weight is 588 g/mol. The number of hydrogen-bond donors (Lipinski definition) is 0. The van der Waals surface area contributed by atoms with Crippen LogP contribution in [-0.4, -0.2) is 39.4 Å². The first-order chi connectivity index (χ1) is 21.5. The van der Waals surface area contributed by atoms with Gasteiger partial charge in [-0.25, -0.2) is 4.39 Å². The van der Waals surface area contributed by atoms with Crippen molar-refractivity contribution in [3.63, 3.8) is 0 Å². The molecule has 0 aliphatic carbocycles. The van der Waals surface area contributed by atoms with Gasteiger partial charge in [0.1, 0.15) is 5.82 Å². The van der Waals surface area contributed by atoms with Crippen molar-refractivity contribution in [2.24, 2.45) is 0 Å². The number of nitro benzene ring substituents is 1. The number of hydrogen-bond acceptors (Lipinski definition) is 7. The van der Waals surface area contributed by atoms with Gasteiger partial charge in [-0.15, -0.1) is 15.0 Å². The van der Waals surface area contributed by atoms with E-state index < -0.39 is 22.0 Å². The monoisotopic (exact) mass is 587 g/mol. The van der Waals surface area contributed by atoms with Gasteiger partial charge in [0.2, 0.25) is 5.82 Å². The molecule has 218 valence electrons. The number of non-ortho nitro benzene ring substituents is 1. The highest BCUT2D eigenvalue weighted by atomic mass is 19.1. The third kappa shape index (κ3) is 4.82. The van der Waals surface area contributed by atoms with Gasteiger partial charge in [-0.2, -0.15) is 0 Å². The maximum atomic E-state index is 15.8. The molecule has 6 rings (SSSR count). The Morgan fingerprint density at radius 3 is 1.80 bits per heavy atom. The number of aromatic nitrogens is 4. The summed E-state index contributed by atoms with van der Waals surface area (Å²) in [6.45, 7) is 0. The van der Waals surface area contributed by atoms with Crippen LogP contribution in [0.4, 0.5) is 10.1 Å². The lowest BCUT2D eigenvalue weighted by Gasteiger charge is -2.34. The third-order valence-corrected chi connectivity index (χ3v) is 7.49. The molecule has 0 spiro atoms. The molecule has 0 saturated heterocycles. The maximum Gasteiger partial charge on any atom is 0.273 e. The molecule has 1 heterocycles. The predicted octanol–water partition coefficient (Wildman–Crippen LogP) is 6.91. The molecule has 5 aromatic carbocycles. The van der Waals surface area contributed by atoms with Crippen LogP contribution >= 0.6 is 0 Å². The van der Waals surface area contributed by atoms with E-state index in [-0.39, 0.29) is 17.0 Å². The fourth-order valence-corrected chi connectivity index (χ4v) is 5.51. The smallest absolute Gasteiger partial charge is 0.273 e. The first kappa shape index (κ1) is 28.2. The van der Waals surface area contributed by atoms with E-state index in [0.717, 1.165) is 22.8 Å². The lowest BCUT2D eigenvalue weighted by atomic mass is 9.77. The SMILES string of the molecule is COc1ccc(-c2c(F)cc([N+](=O)[O-])cc2-c2nnn(C(c3ccccc3)(c3ccccc3)c3ccccc3)n2)cc1OC. The molecule has 44 heavy (non-hydrogen) atoms. The van der Waals surface area contributed by atoms with Gasteiger partial charge >= 0.3 is 0 Å². The molecule has 0 aliphatic heterocycles. The van der Waals surface area contributed by atoms with E-state index in [9.17, 15) is 10.1 Å². The minimum atomic E-state index is -1.09. The fraction of sp³-hybridized carbons (Fsp3) is 0.0882. The Morgan fingerprint density at radius 1 is 0.750 bits per heavy atom.